The van der Waals surface area contributed by atoms with Gasteiger partial charge in [0.1, 0.15) is 6.54 Å². The number of fused-ring (bicyclic) bond motifs is 3. The van der Waals surface area contributed by atoms with Gasteiger partial charge in [0.05, 0.1) is 0 Å². The van der Waals surface area contributed by atoms with Gasteiger partial charge in [-0.3, -0.25) is 14.2 Å². The van der Waals surface area contributed by atoms with E-state index in [1.165, 1.54) is 15.7 Å². The average Bonchev–Trinajstić information content (AvgIpc) is 3.04. The highest BCUT2D eigenvalue weighted by molar-refractivity contribution is 5.78. The molecule has 1 aromatic carbocycles. The Labute approximate surface area is 167 Å². The third-order valence-electron chi connectivity index (χ3n) is 5.56. The minimum absolute atomic E-state index is 0.253. The van der Waals surface area contributed by atoms with Crippen LogP contribution in [0, 0.1) is 19.8 Å². The highest BCUT2D eigenvalue weighted by Crippen LogP contribution is 2.33. The summed E-state index contributed by atoms with van der Waals surface area (Å²) in [7, 11) is 1.55. The lowest BCUT2D eigenvalue weighted by Crippen LogP contribution is -2.43. The van der Waals surface area contributed by atoms with Crippen LogP contribution < -0.4 is 21.9 Å². The maximum absolute atomic E-state index is 13.1. The quantitative estimate of drug-likeness (QED) is 0.704. The fraction of sp³-hybridized carbons (Fsp3) is 0.400. The first-order chi connectivity index (χ1) is 13.7. The van der Waals surface area contributed by atoms with Crippen molar-refractivity contribution in [3.8, 4) is 0 Å². The molecule has 0 spiro atoms. The molecular weight excluding hydrogens is 372 g/mol. The monoisotopic (exact) mass is 396 g/mol. The summed E-state index contributed by atoms with van der Waals surface area (Å²) in [6.07, 6.45) is 0. The summed E-state index contributed by atoms with van der Waals surface area (Å²) >= 11 is 0. The summed E-state index contributed by atoms with van der Waals surface area (Å²) in [6.45, 7) is 7.10. The molecule has 1 aliphatic rings. The molecule has 0 saturated carbocycles. The van der Waals surface area contributed by atoms with Crippen molar-refractivity contribution in [2.45, 2.75) is 33.9 Å². The van der Waals surface area contributed by atoms with Crippen molar-refractivity contribution < 1.29 is 4.79 Å². The second-order valence-electron chi connectivity index (χ2n) is 7.88. The molecule has 2 aromatic heterocycles. The topological polar surface area (TPSA) is 108 Å². The standard InChI is InChI=1S/C20H24N6O3/c1-11-8-24(14-6-5-12(2)13(3)7-14)19-22-17-16(25(19)9-11)18(28)26(10-15(21)27)20(29)23(17)4/h5-7,11H,8-10H2,1-4H3,(H2,21,27)/t11-/m0/s1. The second kappa shape index (κ2) is 6.61. The normalized spacial score (nSPS) is 16.3. The van der Waals surface area contributed by atoms with E-state index in [1.54, 1.807) is 7.05 Å². The van der Waals surface area contributed by atoms with Gasteiger partial charge in [-0.15, -0.1) is 0 Å². The van der Waals surface area contributed by atoms with E-state index < -0.39 is 23.7 Å². The van der Waals surface area contributed by atoms with E-state index in [0.717, 1.165) is 16.8 Å². The predicted octanol–water partition coefficient (Wildman–Crippen LogP) is 0.787. The van der Waals surface area contributed by atoms with E-state index in [9.17, 15) is 14.4 Å². The maximum atomic E-state index is 13.1. The van der Waals surface area contributed by atoms with Crippen LogP contribution in [0.2, 0.25) is 0 Å². The van der Waals surface area contributed by atoms with Crippen LogP contribution in [0.1, 0.15) is 18.1 Å². The van der Waals surface area contributed by atoms with Gasteiger partial charge in [0.2, 0.25) is 11.9 Å². The molecule has 0 saturated heterocycles. The Morgan fingerprint density at radius 2 is 1.93 bits per heavy atom. The van der Waals surface area contributed by atoms with E-state index in [1.807, 2.05) is 10.6 Å². The highest BCUT2D eigenvalue weighted by atomic mass is 16.2. The Balaban J connectivity index is 2.00. The van der Waals surface area contributed by atoms with E-state index in [2.05, 4.69) is 42.8 Å². The number of amides is 1. The van der Waals surface area contributed by atoms with Crippen LogP contribution in [0.25, 0.3) is 11.2 Å². The molecule has 152 valence electrons. The first-order valence-electron chi connectivity index (χ1n) is 9.52. The smallest absolute Gasteiger partial charge is 0.332 e. The number of hydrogen-bond donors (Lipinski definition) is 1. The van der Waals surface area contributed by atoms with Gasteiger partial charge >= 0.3 is 5.69 Å². The molecule has 0 unspecified atom stereocenters. The largest absolute Gasteiger partial charge is 0.368 e. The number of benzene rings is 1. The first-order valence-corrected chi connectivity index (χ1v) is 9.52. The van der Waals surface area contributed by atoms with Crippen molar-refractivity contribution in [2.24, 2.45) is 18.7 Å². The van der Waals surface area contributed by atoms with Crippen LogP contribution in [0.4, 0.5) is 11.6 Å². The maximum Gasteiger partial charge on any atom is 0.332 e. The molecule has 1 amide bonds. The van der Waals surface area contributed by atoms with E-state index in [4.69, 9.17) is 5.73 Å². The lowest BCUT2D eigenvalue weighted by molar-refractivity contribution is -0.118. The second-order valence-corrected chi connectivity index (χ2v) is 7.88. The average molecular weight is 396 g/mol. The number of nitrogens with two attached hydrogens (primary N) is 1. The summed E-state index contributed by atoms with van der Waals surface area (Å²) in [5, 5.41) is 0. The van der Waals surface area contributed by atoms with Crippen molar-refractivity contribution in [2.75, 3.05) is 11.4 Å². The van der Waals surface area contributed by atoms with E-state index in [0.29, 0.717) is 23.7 Å². The van der Waals surface area contributed by atoms with Gasteiger partial charge < -0.3 is 15.2 Å². The number of anilines is 2. The zero-order valence-corrected chi connectivity index (χ0v) is 17.0. The molecular formula is C20H24N6O3. The third kappa shape index (κ3) is 2.93. The van der Waals surface area contributed by atoms with E-state index in [-0.39, 0.29) is 5.92 Å². The Bertz CT molecular complexity index is 1270. The zero-order chi connectivity index (χ0) is 21.0. The van der Waals surface area contributed by atoms with Gasteiger partial charge in [0.25, 0.3) is 5.56 Å². The molecule has 0 bridgehead atoms. The Kier molecular flexibility index (Phi) is 4.33. The Morgan fingerprint density at radius 1 is 1.21 bits per heavy atom. The zero-order valence-electron chi connectivity index (χ0n) is 17.0. The number of nitrogens with zero attached hydrogens (tertiary/aromatic N) is 5. The Morgan fingerprint density at radius 3 is 2.59 bits per heavy atom. The van der Waals surface area contributed by atoms with Gasteiger partial charge in [-0.05, 0) is 43.0 Å². The molecule has 3 heterocycles. The number of hydrogen-bond acceptors (Lipinski definition) is 5. The van der Waals surface area contributed by atoms with Crippen molar-refractivity contribution in [1.29, 1.82) is 0 Å². The van der Waals surface area contributed by atoms with E-state index >= 15 is 0 Å². The molecule has 0 fully saturated rings. The number of aryl methyl sites for hydroxylation is 3. The number of carbonyl (C=O) groups is 1. The fourth-order valence-corrected chi connectivity index (χ4v) is 3.91. The summed E-state index contributed by atoms with van der Waals surface area (Å²) in [6, 6.07) is 6.20. The molecule has 0 radical (unpaired) electrons. The van der Waals surface area contributed by atoms with Crippen molar-refractivity contribution >= 4 is 28.7 Å². The van der Waals surface area contributed by atoms with Crippen LogP contribution in [-0.4, -0.2) is 31.1 Å². The van der Waals surface area contributed by atoms with Crippen LogP contribution in [-0.2, 0) is 24.9 Å². The summed E-state index contributed by atoms with van der Waals surface area (Å²) in [4.78, 5) is 43.8. The number of carbonyl (C=O) groups excluding carboxylic acids is 1. The lowest BCUT2D eigenvalue weighted by Gasteiger charge is -2.33. The van der Waals surface area contributed by atoms with Crippen LogP contribution in [0.3, 0.4) is 0 Å². The molecule has 1 atom stereocenters. The lowest BCUT2D eigenvalue weighted by atomic mass is 10.1. The minimum atomic E-state index is -0.743. The molecule has 0 aliphatic carbocycles. The number of aromatic nitrogens is 4. The molecule has 2 N–H and O–H groups in total. The van der Waals surface area contributed by atoms with Gasteiger partial charge in [-0.1, -0.05) is 13.0 Å². The molecule has 1 aliphatic heterocycles. The Hall–Kier alpha value is -3.36. The number of imidazole rings is 1. The first kappa shape index (κ1) is 19.0. The van der Waals surface area contributed by atoms with Crippen molar-refractivity contribution in [3.63, 3.8) is 0 Å². The SMILES string of the molecule is Cc1ccc(N2C[C@H](C)Cn3c2nc2c3c(=O)n(CC(N)=O)c(=O)n2C)cc1C. The van der Waals surface area contributed by atoms with Crippen molar-refractivity contribution in [3.05, 3.63) is 50.2 Å². The number of rotatable bonds is 3. The minimum Gasteiger partial charge on any atom is -0.368 e. The third-order valence-corrected chi connectivity index (χ3v) is 5.56. The highest BCUT2D eigenvalue weighted by Gasteiger charge is 2.30. The predicted molar refractivity (Wildman–Crippen MR) is 111 cm³/mol. The summed E-state index contributed by atoms with van der Waals surface area (Å²) in [5.41, 5.74) is 8.05. The number of primary amides is 1. The summed E-state index contributed by atoms with van der Waals surface area (Å²) < 4.78 is 4.02. The van der Waals surface area contributed by atoms with Gasteiger partial charge in [0.15, 0.2) is 11.2 Å². The van der Waals surface area contributed by atoms with Gasteiger partial charge in [-0.25, -0.2) is 9.36 Å². The molecule has 29 heavy (non-hydrogen) atoms. The van der Waals surface area contributed by atoms with Crippen LogP contribution >= 0.6 is 0 Å². The molecule has 4 rings (SSSR count). The van der Waals surface area contributed by atoms with Gasteiger partial charge in [-0.2, -0.15) is 4.98 Å². The summed E-state index contributed by atoms with van der Waals surface area (Å²) in [5.74, 6) is 0.125. The van der Waals surface area contributed by atoms with Crippen LogP contribution in [0.15, 0.2) is 27.8 Å². The van der Waals surface area contributed by atoms with Crippen LogP contribution in [0.5, 0.6) is 0 Å². The van der Waals surface area contributed by atoms with Gasteiger partial charge in [0, 0.05) is 25.8 Å². The molecule has 9 heteroatoms. The fourth-order valence-electron chi connectivity index (χ4n) is 3.91. The molecule has 3 aromatic rings. The molecule has 9 nitrogen and oxygen atoms in total. The van der Waals surface area contributed by atoms with Crippen molar-refractivity contribution in [1.82, 2.24) is 18.7 Å².